The summed E-state index contributed by atoms with van der Waals surface area (Å²) in [4.78, 5) is 18.0. The summed E-state index contributed by atoms with van der Waals surface area (Å²) in [7, 11) is 1.58. The first-order valence-corrected chi connectivity index (χ1v) is 8.84. The number of aromatic nitrogens is 1. The Hall–Kier alpha value is -3.73. The van der Waals surface area contributed by atoms with Crippen LogP contribution in [0.15, 0.2) is 66.7 Å². The van der Waals surface area contributed by atoms with Gasteiger partial charge in [-0.2, -0.15) is 0 Å². The van der Waals surface area contributed by atoms with Gasteiger partial charge in [0, 0.05) is 27.8 Å². The van der Waals surface area contributed by atoms with E-state index in [1.165, 1.54) is 12.1 Å². The molecule has 4 nitrogen and oxygen atoms in total. The van der Waals surface area contributed by atoms with Crippen molar-refractivity contribution in [2.24, 2.45) is 0 Å². The number of nitrogens with one attached hydrogen (secondary N) is 1. The van der Waals surface area contributed by atoms with Crippen LogP contribution in [-0.2, 0) is 0 Å². The molecule has 0 spiro atoms. The van der Waals surface area contributed by atoms with Crippen molar-refractivity contribution in [1.29, 1.82) is 0 Å². The Balaban J connectivity index is 1.77. The highest BCUT2D eigenvalue weighted by atomic mass is 19.1. The molecule has 1 aliphatic rings. The molecule has 4 aromatic rings. The highest BCUT2D eigenvalue weighted by Gasteiger charge is 2.32. The van der Waals surface area contributed by atoms with Crippen molar-refractivity contribution in [3.05, 3.63) is 83.7 Å². The molecule has 5 heteroatoms. The number of ether oxygens (including phenoxy) is 1. The normalized spacial score (nSPS) is 12.0. The van der Waals surface area contributed by atoms with E-state index in [2.05, 4.69) is 5.32 Å². The molecule has 5 rings (SSSR count). The lowest BCUT2D eigenvalue weighted by Gasteiger charge is -2.13. The molecule has 0 amide bonds. The number of fused-ring (bicyclic) bond motifs is 5. The molecule has 136 valence electrons. The molecule has 0 unspecified atom stereocenters. The Labute approximate surface area is 160 Å². The molecule has 0 radical (unpaired) electrons. The standard InChI is InChI=1S/C23H15FN2O2/c1-28-15-10-11-16-18(12-15)22(27)20-17-4-2-3-5-19(17)26-23(21(16)20)25-14-8-6-13(24)7-9-14/h2-12H,1H3,(H,25,26). The monoisotopic (exact) mass is 370 g/mol. The maximum absolute atomic E-state index is 13.3. The van der Waals surface area contributed by atoms with E-state index in [0.29, 0.717) is 28.4 Å². The molecule has 1 aliphatic carbocycles. The van der Waals surface area contributed by atoms with Crippen molar-refractivity contribution in [2.45, 2.75) is 0 Å². The Morgan fingerprint density at radius 1 is 0.929 bits per heavy atom. The first-order valence-electron chi connectivity index (χ1n) is 8.84. The van der Waals surface area contributed by atoms with Crippen molar-refractivity contribution in [2.75, 3.05) is 12.4 Å². The summed E-state index contributed by atoms with van der Waals surface area (Å²) in [6, 6.07) is 19.1. The summed E-state index contributed by atoms with van der Waals surface area (Å²) >= 11 is 0. The zero-order valence-corrected chi connectivity index (χ0v) is 15.0. The molecule has 3 aromatic carbocycles. The zero-order valence-electron chi connectivity index (χ0n) is 15.0. The number of benzene rings is 3. The molecule has 0 fully saturated rings. The number of rotatable bonds is 3. The SMILES string of the molecule is COc1ccc2c(c1)C(=O)c1c-2c(Nc2ccc(F)cc2)nc2ccccc12. The third-order valence-electron chi connectivity index (χ3n) is 4.97. The van der Waals surface area contributed by atoms with Gasteiger partial charge in [0.1, 0.15) is 17.4 Å². The van der Waals surface area contributed by atoms with Crippen LogP contribution in [0.2, 0.25) is 0 Å². The van der Waals surface area contributed by atoms with Crippen molar-refractivity contribution < 1.29 is 13.9 Å². The van der Waals surface area contributed by atoms with Crippen molar-refractivity contribution in [1.82, 2.24) is 4.98 Å². The number of halogens is 1. The van der Waals surface area contributed by atoms with E-state index < -0.39 is 0 Å². The lowest BCUT2D eigenvalue weighted by Crippen LogP contribution is -2.01. The van der Waals surface area contributed by atoms with Gasteiger partial charge in [-0.05, 0) is 54.1 Å². The average Bonchev–Trinajstić information content (AvgIpc) is 3.02. The van der Waals surface area contributed by atoms with Gasteiger partial charge in [-0.25, -0.2) is 9.37 Å². The number of hydrogen-bond donors (Lipinski definition) is 1. The predicted molar refractivity (Wildman–Crippen MR) is 107 cm³/mol. The number of anilines is 2. The Morgan fingerprint density at radius 3 is 2.50 bits per heavy atom. The lowest BCUT2D eigenvalue weighted by molar-refractivity contribution is 0.104. The highest BCUT2D eigenvalue weighted by molar-refractivity contribution is 6.28. The molecule has 0 saturated heterocycles. The molecular weight excluding hydrogens is 355 g/mol. The van der Waals surface area contributed by atoms with Crippen LogP contribution in [0, 0.1) is 5.82 Å². The van der Waals surface area contributed by atoms with Gasteiger partial charge in [0.15, 0.2) is 5.78 Å². The fourth-order valence-electron chi connectivity index (χ4n) is 3.66. The second-order valence-corrected chi connectivity index (χ2v) is 6.60. The molecule has 0 saturated carbocycles. The number of para-hydroxylation sites is 1. The molecule has 0 aliphatic heterocycles. The summed E-state index contributed by atoms with van der Waals surface area (Å²) in [6.45, 7) is 0. The molecular formula is C23H15FN2O2. The quantitative estimate of drug-likeness (QED) is 0.466. The number of pyridine rings is 1. The van der Waals surface area contributed by atoms with Crippen LogP contribution in [0.4, 0.5) is 15.9 Å². The third-order valence-corrected chi connectivity index (χ3v) is 4.97. The van der Waals surface area contributed by atoms with Crippen LogP contribution in [0.5, 0.6) is 5.75 Å². The number of methoxy groups -OCH3 is 1. The van der Waals surface area contributed by atoms with Crippen molar-refractivity contribution >= 4 is 28.2 Å². The van der Waals surface area contributed by atoms with Crippen LogP contribution in [-0.4, -0.2) is 17.9 Å². The molecule has 28 heavy (non-hydrogen) atoms. The fourth-order valence-corrected chi connectivity index (χ4v) is 3.66. The first-order chi connectivity index (χ1) is 13.7. The van der Waals surface area contributed by atoms with E-state index in [4.69, 9.17) is 9.72 Å². The minimum Gasteiger partial charge on any atom is -0.497 e. The first kappa shape index (κ1) is 16.4. The minimum absolute atomic E-state index is 0.0512. The fraction of sp³-hybridized carbons (Fsp3) is 0.0435. The van der Waals surface area contributed by atoms with E-state index in [9.17, 15) is 9.18 Å². The smallest absolute Gasteiger partial charge is 0.195 e. The van der Waals surface area contributed by atoms with Crippen molar-refractivity contribution in [3.8, 4) is 16.9 Å². The minimum atomic E-state index is -0.310. The lowest BCUT2D eigenvalue weighted by atomic mass is 10.0. The van der Waals surface area contributed by atoms with Gasteiger partial charge in [0.25, 0.3) is 0 Å². The number of hydrogen-bond acceptors (Lipinski definition) is 4. The van der Waals surface area contributed by atoms with E-state index in [1.54, 1.807) is 25.3 Å². The number of carbonyl (C=O) groups excluding carboxylic acids is 1. The maximum atomic E-state index is 13.3. The van der Waals surface area contributed by atoms with Gasteiger partial charge in [-0.15, -0.1) is 0 Å². The Morgan fingerprint density at radius 2 is 1.71 bits per heavy atom. The van der Waals surface area contributed by atoms with Crippen LogP contribution in [0.1, 0.15) is 15.9 Å². The molecule has 0 bridgehead atoms. The number of nitrogens with zero attached hydrogens (tertiary/aromatic N) is 1. The summed E-state index contributed by atoms with van der Waals surface area (Å²) in [5.41, 5.74) is 4.20. The van der Waals surface area contributed by atoms with Crippen LogP contribution >= 0.6 is 0 Å². The second-order valence-electron chi connectivity index (χ2n) is 6.60. The summed E-state index contributed by atoms with van der Waals surface area (Å²) in [5, 5.41) is 4.06. The summed E-state index contributed by atoms with van der Waals surface area (Å²) < 4.78 is 18.6. The summed E-state index contributed by atoms with van der Waals surface area (Å²) in [6.07, 6.45) is 0. The molecule has 1 heterocycles. The van der Waals surface area contributed by atoms with Gasteiger partial charge < -0.3 is 10.1 Å². The molecule has 1 aromatic heterocycles. The van der Waals surface area contributed by atoms with Crippen molar-refractivity contribution in [3.63, 3.8) is 0 Å². The van der Waals surface area contributed by atoms with E-state index in [0.717, 1.165) is 22.0 Å². The van der Waals surface area contributed by atoms with Gasteiger partial charge in [0.2, 0.25) is 0 Å². The van der Waals surface area contributed by atoms with Crippen LogP contribution in [0.3, 0.4) is 0 Å². The van der Waals surface area contributed by atoms with E-state index >= 15 is 0 Å². The van der Waals surface area contributed by atoms with Crippen LogP contribution < -0.4 is 10.1 Å². The number of carbonyl (C=O) groups is 1. The maximum Gasteiger partial charge on any atom is 0.195 e. The van der Waals surface area contributed by atoms with Gasteiger partial charge in [0.05, 0.1) is 12.6 Å². The Kier molecular flexibility index (Phi) is 3.62. The second kappa shape index (κ2) is 6.16. The van der Waals surface area contributed by atoms with E-state index in [1.807, 2.05) is 36.4 Å². The molecule has 0 atom stereocenters. The average molecular weight is 370 g/mol. The largest absolute Gasteiger partial charge is 0.497 e. The summed E-state index contributed by atoms with van der Waals surface area (Å²) in [5.74, 6) is 0.835. The highest BCUT2D eigenvalue weighted by Crippen LogP contribution is 2.45. The zero-order chi connectivity index (χ0) is 19.3. The molecule has 1 N–H and O–H groups in total. The predicted octanol–water partition coefficient (Wildman–Crippen LogP) is 5.34. The third kappa shape index (κ3) is 2.44. The Bertz CT molecular complexity index is 1250. The van der Waals surface area contributed by atoms with E-state index in [-0.39, 0.29) is 11.6 Å². The van der Waals surface area contributed by atoms with Gasteiger partial charge in [-0.1, -0.05) is 18.2 Å². The van der Waals surface area contributed by atoms with Gasteiger partial charge >= 0.3 is 0 Å². The van der Waals surface area contributed by atoms with Gasteiger partial charge in [-0.3, -0.25) is 4.79 Å². The number of ketones is 1. The van der Waals surface area contributed by atoms with Crippen LogP contribution in [0.25, 0.3) is 22.0 Å². The topological polar surface area (TPSA) is 51.2 Å².